The third-order valence-electron chi connectivity index (χ3n) is 2.81. The number of nitrogens with one attached hydrogen (secondary N) is 1. The molecule has 17 heavy (non-hydrogen) atoms. The number of rotatable bonds is 1. The lowest BCUT2D eigenvalue weighted by molar-refractivity contribution is 1.42. The molecular formula is C15H14BrN. The van der Waals surface area contributed by atoms with Crippen molar-refractivity contribution in [3.8, 4) is 11.8 Å². The lowest BCUT2D eigenvalue weighted by Crippen LogP contribution is -1.95. The number of hydrogen-bond acceptors (Lipinski definition) is 1. The first-order chi connectivity index (χ1) is 8.17. The van der Waals surface area contributed by atoms with Crippen molar-refractivity contribution in [2.24, 2.45) is 0 Å². The SMILES string of the molecule is CC#Cc1cc(C)c(NC)c2ccc(Br)cc12. The molecule has 0 heterocycles. The molecule has 0 saturated heterocycles. The number of benzene rings is 2. The molecule has 2 aromatic rings. The molecule has 0 aliphatic rings. The van der Waals surface area contributed by atoms with Crippen LogP contribution in [0.25, 0.3) is 10.8 Å². The molecule has 0 aliphatic carbocycles. The summed E-state index contributed by atoms with van der Waals surface area (Å²) in [5.41, 5.74) is 3.48. The Bertz CT molecular complexity index is 633. The first-order valence-corrected chi connectivity index (χ1v) is 6.30. The Kier molecular flexibility index (Phi) is 3.40. The molecule has 0 aromatic heterocycles. The van der Waals surface area contributed by atoms with Crippen molar-refractivity contribution < 1.29 is 0 Å². The third-order valence-corrected chi connectivity index (χ3v) is 3.30. The van der Waals surface area contributed by atoms with E-state index in [9.17, 15) is 0 Å². The van der Waals surface area contributed by atoms with Gasteiger partial charge >= 0.3 is 0 Å². The highest BCUT2D eigenvalue weighted by atomic mass is 79.9. The second-order valence-corrected chi connectivity index (χ2v) is 4.85. The van der Waals surface area contributed by atoms with Gasteiger partial charge in [0.25, 0.3) is 0 Å². The molecule has 0 atom stereocenters. The van der Waals surface area contributed by atoms with Crippen LogP contribution < -0.4 is 5.32 Å². The van der Waals surface area contributed by atoms with Gasteiger partial charge in [-0.05, 0) is 37.6 Å². The van der Waals surface area contributed by atoms with E-state index in [-0.39, 0.29) is 0 Å². The minimum Gasteiger partial charge on any atom is -0.387 e. The van der Waals surface area contributed by atoms with E-state index < -0.39 is 0 Å². The molecular weight excluding hydrogens is 274 g/mol. The summed E-state index contributed by atoms with van der Waals surface area (Å²) in [5, 5.41) is 5.66. The highest BCUT2D eigenvalue weighted by Gasteiger charge is 2.07. The minimum absolute atomic E-state index is 1.08. The van der Waals surface area contributed by atoms with Crippen molar-refractivity contribution in [3.63, 3.8) is 0 Å². The zero-order valence-electron chi connectivity index (χ0n) is 10.2. The monoisotopic (exact) mass is 287 g/mol. The summed E-state index contributed by atoms with van der Waals surface area (Å²) in [6.07, 6.45) is 0. The van der Waals surface area contributed by atoms with E-state index in [1.54, 1.807) is 0 Å². The highest BCUT2D eigenvalue weighted by Crippen LogP contribution is 2.31. The Morgan fingerprint density at radius 1 is 1.18 bits per heavy atom. The summed E-state index contributed by atoms with van der Waals surface area (Å²) in [6, 6.07) is 8.44. The summed E-state index contributed by atoms with van der Waals surface area (Å²) < 4.78 is 1.08. The second-order valence-electron chi connectivity index (χ2n) is 3.93. The van der Waals surface area contributed by atoms with Crippen LogP contribution in [-0.2, 0) is 0 Å². The predicted octanol–water partition coefficient (Wildman–Crippen LogP) is 4.32. The Hall–Kier alpha value is -1.46. The summed E-state index contributed by atoms with van der Waals surface area (Å²) in [7, 11) is 1.95. The summed E-state index contributed by atoms with van der Waals surface area (Å²) in [5.74, 6) is 6.15. The van der Waals surface area contributed by atoms with E-state index in [2.05, 4.69) is 64.3 Å². The van der Waals surface area contributed by atoms with E-state index >= 15 is 0 Å². The van der Waals surface area contributed by atoms with Crippen molar-refractivity contribution in [1.29, 1.82) is 0 Å². The zero-order chi connectivity index (χ0) is 12.4. The fourth-order valence-electron chi connectivity index (χ4n) is 2.11. The van der Waals surface area contributed by atoms with E-state index in [0.717, 1.165) is 10.0 Å². The van der Waals surface area contributed by atoms with E-state index in [0.29, 0.717) is 0 Å². The third kappa shape index (κ3) is 2.16. The van der Waals surface area contributed by atoms with E-state index in [4.69, 9.17) is 0 Å². The highest BCUT2D eigenvalue weighted by molar-refractivity contribution is 9.10. The molecule has 1 nitrogen and oxygen atoms in total. The van der Waals surface area contributed by atoms with Gasteiger partial charge in [0.15, 0.2) is 0 Å². The molecule has 86 valence electrons. The van der Waals surface area contributed by atoms with Crippen LogP contribution in [0.15, 0.2) is 28.7 Å². The number of hydrogen-bond donors (Lipinski definition) is 1. The smallest absolute Gasteiger partial charge is 0.0447 e. The lowest BCUT2D eigenvalue weighted by Gasteiger charge is -2.12. The summed E-state index contributed by atoms with van der Waals surface area (Å²) >= 11 is 3.51. The topological polar surface area (TPSA) is 12.0 Å². The van der Waals surface area contributed by atoms with E-state index in [1.165, 1.54) is 22.0 Å². The average molecular weight is 288 g/mol. The van der Waals surface area contributed by atoms with E-state index in [1.807, 2.05) is 14.0 Å². The fourth-order valence-corrected chi connectivity index (χ4v) is 2.47. The fraction of sp³-hybridized carbons (Fsp3) is 0.200. The molecule has 0 aliphatic heterocycles. The normalized spacial score (nSPS) is 9.88. The van der Waals surface area contributed by atoms with Crippen LogP contribution in [0, 0.1) is 18.8 Å². The lowest BCUT2D eigenvalue weighted by atomic mass is 9.99. The Labute approximate surface area is 110 Å². The molecule has 0 fully saturated rings. The van der Waals surface area contributed by atoms with Crippen molar-refractivity contribution in [2.75, 3.05) is 12.4 Å². The van der Waals surface area contributed by atoms with Gasteiger partial charge < -0.3 is 5.32 Å². The number of halogens is 1. The molecule has 1 N–H and O–H groups in total. The molecule has 0 radical (unpaired) electrons. The maximum Gasteiger partial charge on any atom is 0.0447 e. The maximum absolute atomic E-state index is 3.51. The van der Waals surface area contributed by atoms with Crippen LogP contribution >= 0.6 is 15.9 Å². The predicted molar refractivity (Wildman–Crippen MR) is 78.5 cm³/mol. The molecule has 0 bridgehead atoms. The van der Waals surface area contributed by atoms with Crippen molar-refractivity contribution in [2.45, 2.75) is 13.8 Å². The van der Waals surface area contributed by atoms with Gasteiger partial charge in [0, 0.05) is 33.5 Å². The van der Waals surface area contributed by atoms with Crippen molar-refractivity contribution >= 4 is 32.4 Å². The van der Waals surface area contributed by atoms with Gasteiger partial charge in [-0.3, -0.25) is 0 Å². The van der Waals surface area contributed by atoms with Crippen LogP contribution in [-0.4, -0.2) is 7.05 Å². The standard InChI is InChI=1S/C15H14BrN/c1-4-5-11-8-10(2)15(17-3)13-7-6-12(16)9-14(11)13/h6-9,17H,1-3H3. The molecule has 0 unspecified atom stereocenters. The molecule has 2 aromatic carbocycles. The van der Waals surface area contributed by atoms with Crippen LogP contribution in [0.4, 0.5) is 5.69 Å². The second kappa shape index (κ2) is 4.81. The van der Waals surface area contributed by atoms with Gasteiger partial charge in [0.1, 0.15) is 0 Å². The Morgan fingerprint density at radius 3 is 2.59 bits per heavy atom. The number of fused-ring (bicyclic) bond motifs is 1. The molecule has 2 rings (SSSR count). The van der Waals surface area contributed by atoms with Gasteiger partial charge in [0.2, 0.25) is 0 Å². The number of anilines is 1. The molecule has 0 spiro atoms. The zero-order valence-corrected chi connectivity index (χ0v) is 11.8. The quantitative estimate of drug-likeness (QED) is 0.770. The van der Waals surface area contributed by atoms with Gasteiger partial charge in [-0.1, -0.05) is 27.9 Å². The molecule has 0 saturated carbocycles. The Morgan fingerprint density at radius 2 is 1.94 bits per heavy atom. The Balaban J connectivity index is 2.91. The summed E-state index contributed by atoms with van der Waals surface area (Å²) in [4.78, 5) is 0. The minimum atomic E-state index is 1.08. The van der Waals surface area contributed by atoms with Gasteiger partial charge in [-0.25, -0.2) is 0 Å². The van der Waals surface area contributed by atoms with Crippen molar-refractivity contribution in [3.05, 3.63) is 39.9 Å². The molecule has 0 amide bonds. The van der Waals surface area contributed by atoms with Gasteiger partial charge in [-0.2, -0.15) is 0 Å². The van der Waals surface area contributed by atoms with Crippen LogP contribution in [0.1, 0.15) is 18.1 Å². The summed E-state index contributed by atoms with van der Waals surface area (Å²) in [6.45, 7) is 3.97. The van der Waals surface area contributed by atoms with Gasteiger partial charge in [0.05, 0.1) is 0 Å². The first kappa shape index (κ1) is 12.0. The largest absolute Gasteiger partial charge is 0.387 e. The van der Waals surface area contributed by atoms with Gasteiger partial charge in [-0.15, -0.1) is 5.92 Å². The number of aryl methyl sites for hydroxylation is 1. The van der Waals surface area contributed by atoms with Crippen LogP contribution in [0.5, 0.6) is 0 Å². The van der Waals surface area contributed by atoms with Crippen LogP contribution in [0.2, 0.25) is 0 Å². The maximum atomic E-state index is 3.51. The first-order valence-electron chi connectivity index (χ1n) is 5.50. The average Bonchev–Trinajstić information content (AvgIpc) is 2.30. The van der Waals surface area contributed by atoms with Crippen LogP contribution in [0.3, 0.4) is 0 Å². The molecule has 2 heteroatoms. The van der Waals surface area contributed by atoms with Crippen molar-refractivity contribution in [1.82, 2.24) is 0 Å².